The lowest BCUT2D eigenvalue weighted by molar-refractivity contribution is 0.431. The Morgan fingerprint density at radius 1 is 0.396 bits per heavy atom. The average Bonchev–Trinajstić information content (AvgIpc) is 3.59. The van der Waals surface area contributed by atoms with Crippen LogP contribution in [0.3, 0.4) is 0 Å². The van der Waals surface area contributed by atoms with Gasteiger partial charge in [-0.15, -0.1) is 0 Å². The molecule has 0 saturated heterocycles. The number of hydrogen-bond donors (Lipinski definition) is 0. The molecule has 3 heterocycles. The van der Waals surface area contributed by atoms with Gasteiger partial charge in [-0.3, -0.25) is 0 Å². The van der Waals surface area contributed by atoms with E-state index in [1.165, 1.54) is 32.0 Å². The molecule has 2 aliphatic heterocycles. The van der Waals surface area contributed by atoms with Crippen LogP contribution in [-0.4, -0.2) is 0 Å². The van der Waals surface area contributed by atoms with E-state index >= 15 is 0 Å². The van der Waals surface area contributed by atoms with Gasteiger partial charge in [0.25, 0.3) is 0 Å². The Morgan fingerprint density at radius 3 is 1.89 bits per heavy atom. The van der Waals surface area contributed by atoms with Crippen LogP contribution < -0.4 is 9.64 Å². The zero-order chi connectivity index (χ0) is 34.9. The first-order chi connectivity index (χ1) is 26.3. The second-order valence-corrected chi connectivity index (χ2v) is 14.7. The highest BCUT2D eigenvalue weighted by Gasteiger charge is 2.50. The maximum absolute atomic E-state index is 6.83. The number of ether oxygens (including phenoxy) is 1. The molecule has 2 aliphatic rings. The van der Waals surface area contributed by atoms with Crippen LogP contribution in [0.25, 0.3) is 33.1 Å². The molecule has 0 amide bonds. The fourth-order valence-electron chi connectivity index (χ4n) is 8.46. The maximum Gasteiger partial charge on any atom is 0.135 e. The molecule has 0 bridgehead atoms. The van der Waals surface area contributed by atoms with Crippen LogP contribution >= 0.6 is 11.8 Å². The summed E-state index contributed by atoms with van der Waals surface area (Å²) >= 11 is 1.84. The number of benzene rings is 8. The topological polar surface area (TPSA) is 25.6 Å². The molecule has 1 atom stereocenters. The van der Waals surface area contributed by atoms with Crippen molar-refractivity contribution >= 4 is 50.8 Å². The Bertz CT molecular complexity index is 2830. The third kappa shape index (κ3) is 4.56. The smallest absolute Gasteiger partial charge is 0.135 e. The standard InChI is InChI=1S/C49H31NO2S/c1-3-13-32(14-4-1)33-23-25-35(26-24-33)50(34-15-5-2-6-16-34)36-27-28-45-41(29-36)49(39-18-8-11-21-44(39)52-45)40-19-9-12-22-47(40)53-48-30-38-37-17-7-10-20-43(37)51-46(38)31-42(48)49/h1-31H. The number of furan rings is 1. The molecule has 3 nitrogen and oxygen atoms in total. The summed E-state index contributed by atoms with van der Waals surface area (Å²) in [6, 6.07) is 67.1. The lowest BCUT2D eigenvalue weighted by atomic mass is 9.63. The van der Waals surface area contributed by atoms with Gasteiger partial charge in [-0.1, -0.05) is 127 Å². The molecule has 0 fully saturated rings. The van der Waals surface area contributed by atoms with E-state index in [4.69, 9.17) is 9.15 Å². The van der Waals surface area contributed by atoms with Gasteiger partial charge < -0.3 is 14.1 Å². The van der Waals surface area contributed by atoms with E-state index in [0.29, 0.717) is 0 Å². The summed E-state index contributed by atoms with van der Waals surface area (Å²) in [4.78, 5) is 4.79. The van der Waals surface area contributed by atoms with Crippen molar-refractivity contribution in [2.75, 3.05) is 4.90 Å². The molecule has 8 aromatic carbocycles. The van der Waals surface area contributed by atoms with Crippen LogP contribution in [0.15, 0.2) is 202 Å². The van der Waals surface area contributed by atoms with E-state index < -0.39 is 5.41 Å². The van der Waals surface area contributed by atoms with Crippen molar-refractivity contribution in [2.45, 2.75) is 15.2 Å². The molecule has 0 aliphatic carbocycles. The lowest BCUT2D eigenvalue weighted by Crippen LogP contribution is -2.37. The summed E-state index contributed by atoms with van der Waals surface area (Å²) in [5.74, 6) is 1.71. The Balaban J connectivity index is 1.18. The van der Waals surface area contributed by atoms with Crippen LogP contribution in [0, 0.1) is 0 Å². The second-order valence-electron chi connectivity index (χ2n) is 13.7. The van der Waals surface area contributed by atoms with Crippen molar-refractivity contribution in [3.8, 4) is 22.6 Å². The SMILES string of the molecule is c1ccc(-c2ccc(N(c3ccccc3)c3ccc4c(c3)C3(c5ccccc5O4)c4ccccc4Sc4cc5c(cc43)oc3ccccc35)cc2)cc1. The highest BCUT2D eigenvalue weighted by atomic mass is 32.2. The third-order valence-corrected chi connectivity index (χ3v) is 11.9. The van der Waals surface area contributed by atoms with Gasteiger partial charge in [0.05, 0.1) is 5.41 Å². The summed E-state index contributed by atoms with van der Waals surface area (Å²) in [5.41, 5.74) is 11.3. The van der Waals surface area contributed by atoms with Crippen molar-refractivity contribution in [3.63, 3.8) is 0 Å². The summed E-state index contributed by atoms with van der Waals surface area (Å²) in [5, 5.41) is 2.26. The van der Waals surface area contributed by atoms with E-state index in [9.17, 15) is 0 Å². The number of hydrogen-bond acceptors (Lipinski definition) is 4. The average molecular weight is 698 g/mol. The number of anilines is 3. The van der Waals surface area contributed by atoms with E-state index in [1.807, 2.05) is 17.8 Å². The van der Waals surface area contributed by atoms with Gasteiger partial charge in [-0.05, 0) is 95.1 Å². The second kappa shape index (κ2) is 11.8. The first-order valence-corrected chi connectivity index (χ1v) is 18.7. The molecule has 1 unspecified atom stereocenters. The Hall–Kier alpha value is -6.49. The van der Waals surface area contributed by atoms with Crippen molar-refractivity contribution in [1.82, 2.24) is 0 Å². The number of rotatable bonds is 4. The summed E-state index contributed by atoms with van der Waals surface area (Å²) in [7, 11) is 0. The van der Waals surface area contributed by atoms with E-state index in [2.05, 4.69) is 187 Å². The van der Waals surface area contributed by atoms with Crippen LogP contribution in [0.5, 0.6) is 11.5 Å². The van der Waals surface area contributed by atoms with Gasteiger partial charge in [0.1, 0.15) is 22.7 Å². The molecule has 9 aromatic rings. The van der Waals surface area contributed by atoms with E-state index in [-0.39, 0.29) is 0 Å². The quantitative estimate of drug-likeness (QED) is 0.183. The minimum absolute atomic E-state index is 0.677. The fraction of sp³-hybridized carbons (Fsp3) is 0.0204. The normalized spacial score (nSPS) is 15.3. The lowest BCUT2D eigenvalue weighted by Gasteiger charge is -2.45. The predicted molar refractivity (Wildman–Crippen MR) is 216 cm³/mol. The summed E-state index contributed by atoms with van der Waals surface area (Å²) in [6.07, 6.45) is 0. The van der Waals surface area contributed by atoms with Gasteiger partial charge in [0.2, 0.25) is 0 Å². The molecule has 1 spiro atoms. The van der Waals surface area contributed by atoms with Crippen LogP contribution in [0.2, 0.25) is 0 Å². The van der Waals surface area contributed by atoms with Crippen LogP contribution in [-0.2, 0) is 5.41 Å². The summed E-state index contributed by atoms with van der Waals surface area (Å²) in [6.45, 7) is 0. The summed E-state index contributed by atoms with van der Waals surface area (Å²) < 4.78 is 13.4. The fourth-order valence-corrected chi connectivity index (χ4v) is 9.68. The van der Waals surface area contributed by atoms with Gasteiger partial charge in [-0.2, -0.15) is 0 Å². The largest absolute Gasteiger partial charge is 0.457 e. The molecule has 250 valence electrons. The molecular weight excluding hydrogens is 667 g/mol. The van der Waals surface area contributed by atoms with Gasteiger partial charge >= 0.3 is 0 Å². The molecule has 53 heavy (non-hydrogen) atoms. The molecule has 0 radical (unpaired) electrons. The Kier molecular flexibility index (Phi) is 6.70. The Labute approximate surface area is 311 Å². The maximum atomic E-state index is 6.83. The zero-order valence-electron chi connectivity index (χ0n) is 28.6. The van der Waals surface area contributed by atoms with Gasteiger partial charge in [-0.25, -0.2) is 0 Å². The van der Waals surface area contributed by atoms with Crippen molar-refractivity contribution in [3.05, 3.63) is 210 Å². The zero-order valence-corrected chi connectivity index (χ0v) is 29.4. The predicted octanol–water partition coefficient (Wildman–Crippen LogP) is 13.7. The molecule has 0 saturated carbocycles. The monoisotopic (exact) mass is 697 g/mol. The minimum Gasteiger partial charge on any atom is -0.457 e. The minimum atomic E-state index is -0.677. The molecular formula is C49H31NO2S. The van der Waals surface area contributed by atoms with Gasteiger partial charge in [0.15, 0.2) is 0 Å². The van der Waals surface area contributed by atoms with Crippen molar-refractivity contribution in [1.29, 1.82) is 0 Å². The Morgan fingerprint density at radius 2 is 1.04 bits per heavy atom. The highest BCUT2D eigenvalue weighted by molar-refractivity contribution is 7.99. The van der Waals surface area contributed by atoms with Crippen molar-refractivity contribution < 1.29 is 9.15 Å². The first kappa shape index (κ1) is 30.2. The molecule has 1 aromatic heterocycles. The third-order valence-electron chi connectivity index (χ3n) is 10.8. The van der Waals surface area contributed by atoms with E-state index in [1.54, 1.807) is 0 Å². The molecule has 4 heteroatoms. The number of fused-ring (bicyclic) bond motifs is 11. The van der Waals surface area contributed by atoms with Crippen molar-refractivity contribution in [2.24, 2.45) is 0 Å². The highest BCUT2D eigenvalue weighted by Crippen LogP contribution is 2.62. The van der Waals surface area contributed by atoms with Crippen LogP contribution in [0.1, 0.15) is 22.3 Å². The van der Waals surface area contributed by atoms with Gasteiger partial charge in [0, 0.05) is 48.8 Å². The number of nitrogens with zero attached hydrogens (tertiary/aromatic N) is 1. The molecule has 0 N–H and O–H groups in total. The first-order valence-electron chi connectivity index (χ1n) is 17.9. The van der Waals surface area contributed by atoms with Crippen LogP contribution in [0.4, 0.5) is 17.1 Å². The van der Waals surface area contributed by atoms with E-state index in [0.717, 1.165) is 61.6 Å². The molecule has 11 rings (SSSR count). The number of para-hydroxylation sites is 3.